The summed E-state index contributed by atoms with van der Waals surface area (Å²) in [6, 6.07) is 0. The maximum atomic E-state index is 3.36. The molecule has 0 unspecified atom stereocenters. The van der Waals surface area contributed by atoms with Crippen LogP contribution in [-0.2, 0) is 0 Å². The van der Waals surface area contributed by atoms with Crippen LogP contribution < -0.4 is 5.32 Å². The molecule has 1 N–H and O–H groups in total. The van der Waals surface area contributed by atoms with E-state index >= 15 is 0 Å². The molecule has 0 aliphatic heterocycles. The van der Waals surface area contributed by atoms with Gasteiger partial charge in [0.2, 0.25) is 0 Å². The average molecular weight is 484 g/mol. The average Bonchev–Trinajstić information content (AvgIpc) is 3.41. The Bertz CT molecular complexity index is 346. The Morgan fingerprint density at radius 1 is 0.912 bits per heavy atom. The van der Waals surface area contributed by atoms with Crippen LogP contribution in [-0.4, -0.2) is 7.05 Å². The molecule has 0 bridgehead atoms. The molecule has 0 aromatic rings. The highest BCUT2D eigenvalue weighted by molar-refractivity contribution is 5.02. The monoisotopic (exact) mass is 484 g/mol. The summed E-state index contributed by atoms with van der Waals surface area (Å²) < 4.78 is 0. The van der Waals surface area contributed by atoms with E-state index in [2.05, 4.69) is 58.4 Å². The SMILES string of the molecule is C/C=C(/C)NC.C=CC.CC.CC.CC.CC#CC1CCCC1.CCCC.CCCCC(C)C. The van der Waals surface area contributed by atoms with Gasteiger partial charge in [0, 0.05) is 18.7 Å². The number of unbranched alkanes of at least 4 members (excludes halogenated alkanes) is 2. The third-order valence-electron chi connectivity index (χ3n) is 4.17. The van der Waals surface area contributed by atoms with Gasteiger partial charge in [-0.05, 0) is 46.5 Å². The second-order valence-corrected chi connectivity index (χ2v) is 7.54. The van der Waals surface area contributed by atoms with E-state index in [9.17, 15) is 0 Å². The highest BCUT2D eigenvalue weighted by Gasteiger charge is 2.10. The van der Waals surface area contributed by atoms with Crippen molar-refractivity contribution in [1.82, 2.24) is 5.32 Å². The predicted molar refractivity (Wildman–Crippen MR) is 169 cm³/mol. The fourth-order valence-corrected chi connectivity index (χ4v) is 2.03. The molecular formula is C33H73N. The number of hydrogen-bond acceptors (Lipinski definition) is 1. The van der Waals surface area contributed by atoms with E-state index in [-0.39, 0.29) is 0 Å². The molecule has 1 heteroatoms. The van der Waals surface area contributed by atoms with Crippen LogP contribution in [0.3, 0.4) is 0 Å². The number of allylic oxidation sites excluding steroid dienone is 3. The summed E-state index contributed by atoms with van der Waals surface area (Å²) in [4.78, 5) is 0. The fraction of sp³-hybridized carbons (Fsp3) is 0.818. The summed E-state index contributed by atoms with van der Waals surface area (Å²) in [5.74, 6) is 7.81. The van der Waals surface area contributed by atoms with Gasteiger partial charge in [-0.3, -0.25) is 0 Å². The summed E-state index contributed by atoms with van der Waals surface area (Å²) in [5.41, 5.74) is 1.22. The van der Waals surface area contributed by atoms with Gasteiger partial charge < -0.3 is 5.32 Å². The molecule has 0 aromatic heterocycles. The van der Waals surface area contributed by atoms with Crippen LogP contribution in [0.15, 0.2) is 24.4 Å². The lowest BCUT2D eigenvalue weighted by molar-refractivity contribution is 0.550. The van der Waals surface area contributed by atoms with Crippen molar-refractivity contribution in [1.29, 1.82) is 0 Å². The Morgan fingerprint density at radius 2 is 1.29 bits per heavy atom. The maximum Gasteiger partial charge on any atom is 0.0202 e. The Hall–Kier alpha value is -1.16. The van der Waals surface area contributed by atoms with Crippen LogP contribution in [0.2, 0.25) is 0 Å². The van der Waals surface area contributed by atoms with Crippen LogP contribution in [0, 0.1) is 23.7 Å². The van der Waals surface area contributed by atoms with Gasteiger partial charge >= 0.3 is 0 Å². The largest absolute Gasteiger partial charge is 0.392 e. The lowest BCUT2D eigenvalue weighted by atomic mass is 10.1. The predicted octanol–water partition coefficient (Wildman–Crippen LogP) is 12.2. The van der Waals surface area contributed by atoms with Gasteiger partial charge in [0.25, 0.3) is 0 Å². The molecule has 34 heavy (non-hydrogen) atoms. The zero-order valence-electron chi connectivity index (χ0n) is 27.4. The minimum absolute atomic E-state index is 0.750. The summed E-state index contributed by atoms with van der Waals surface area (Å²) in [6.45, 7) is 34.4. The molecule has 0 atom stereocenters. The first-order chi connectivity index (χ1) is 16.3. The summed E-state index contributed by atoms with van der Waals surface area (Å²) >= 11 is 0. The highest BCUT2D eigenvalue weighted by atomic mass is 14.8. The van der Waals surface area contributed by atoms with Crippen molar-refractivity contribution in [2.45, 2.75) is 162 Å². The van der Waals surface area contributed by atoms with Crippen molar-refractivity contribution in [3.05, 3.63) is 24.4 Å². The van der Waals surface area contributed by atoms with E-state index in [0.29, 0.717) is 0 Å². The molecule has 1 nitrogen and oxygen atoms in total. The first kappa shape index (κ1) is 49.9. The zero-order valence-corrected chi connectivity index (χ0v) is 27.4. The van der Waals surface area contributed by atoms with Crippen molar-refractivity contribution in [2.75, 3.05) is 7.05 Å². The van der Waals surface area contributed by atoms with Gasteiger partial charge in [0.05, 0.1) is 0 Å². The van der Waals surface area contributed by atoms with Gasteiger partial charge in [-0.2, -0.15) is 0 Å². The molecule has 210 valence electrons. The zero-order chi connectivity index (χ0) is 28.6. The molecule has 0 aromatic carbocycles. The van der Waals surface area contributed by atoms with Crippen molar-refractivity contribution in [3.8, 4) is 11.8 Å². The van der Waals surface area contributed by atoms with Crippen LogP contribution in [0.4, 0.5) is 0 Å². The molecule has 0 radical (unpaired) electrons. The van der Waals surface area contributed by atoms with Gasteiger partial charge in [-0.15, -0.1) is 18.4 Å². The Kier molecular flexibility index (Phi) is 93.1. The quantitative estimate of drug-likeness (QED) is 0.303. The fourth-order valence-electron chi connectivity index (χ4n) is 2.03. The van der Waals surface area contributed by atoms with Crippen LogP contribution in [0.25, 0.3) is 0 Å². The molecule has 1 aliphatic carbocycles. The second-order valence-electron chi connectivity index (χ2n) is 7.54. The van der Waals surface area contributed by atoms with Gasteiger partial charge in [0.15, 0.2) is 0 Å². The van der Waals surface area contributed by atoms with Gasteiger partial charge in [0.1, 0.15) is 0 Å². The molecule has 1 fully saturated rings. The Balaban J connectivity index is -0.0000000522. The van der Waals surface area contributed by atoms with Crippen LogP contribution in [0.1, 0.15) is 162 Å². The molecule has 0 spiro atoms. The van der Waals surface area contributed by atoms with E-state index in [0.717, 1.165) is 11.8 Å². The summed E-state index contributed by atoms with van der Waals surface area (Å²) in [7, 11) is 1.91. The van der Waals surface area contributed by atoms with Crippen LogP contribution >= 0.6 is 0 Å². The molecule has 1 saturated carbocycles. The lowest BCUT2D eigenvalue weighted by Gasteiger charge is -1.98. The molecule has 0 heterocycles. The van der Waals surface area contributed by atoms with Crippen molar-refractivity contribution >= 4 is 0 Å². The molecular weight excluding hydrogens is 410 g/mol. The maximum absolute atomic E-state index is 3.36. The molecule has 1 aliphatic rings. The van der Waals surface area contributed by atoms with Gasteiger partial charge in [-0.25, -0.2) is 0 Å². The third kappa shape index (κ3) is 86.3. The standard InChI is InChI=1S/C8H12.C7H16.C5H11N.C4H10.C3H6.3C2H6/c1-2-5-8-6-3-4-7-8;1-4-5-6-7(2)3;1-4-5(2)6-3;1-3-4-2;1-3-2;3*1-2/h8H,3-4,6-7H2,1H3;7H,4-6H2,1-3H3;4,6H,1-3H3;3-4H2,1-2H3;3H,1H2,2H3;3*1-2H3/b;;5-4-;;;;;. The van der Waals surface area contributed by atoms with Crippen molar-refractivity contribution < 1.29 is 0 Å². The normalized spacial score (nSPS) is 10.7. The highest BCUT2D eigenvalue weighted by Crippen LogP contribution is 2.23. The molecule has 0 saturated heterocycles. The number of hydrogen-bond donors (Lipinski definition) is 1. The topological polar surface area (TPSA) is 12.0 Å². The summed E-state index contributed by atoms with van der Waals surface area (Å²) in [6.07, 6.45) is 16.1. The lowest BCUT2D eigenvalue weighted by Crippen LogP contribution is -1.99. The first-order valence-electron chi connectivity index (χ1n) is 14.6. The van der Waals surface area contributed by atoms with Crippen molar-refractivity contribution in [3.63, 3.8) is 0 Å². The molecule has 1 rings (SSSR count). The van der Waals surface area contributed by atoms with Gasteiger partial charge in [-0.1, -0.05) is 133 Å². The summed E-state index contributed by atoms with van der Waals surface area (Å²) in [5, 5.41) is 2.98. The minimum Gasteiger partial charge on any atom is -0.392 e. The van der Waals surface area contributed by atoms with E-state index in [4.69, 9.17) is 0 Å². The van der Waals surface area contributed by atoms with E-state index in [1.54, 1.807) is 6.08 Å². The Labute approximate surface area is 222 Å². The Morgan fingerprint density at radius 3 is 1.44 bits per heavy atom. The number of nitrogens with one attached hydrogen (secondary N) is 1. The second kappa shape index (κ2) is 63.5. The van der Waals surface area contributed by atoms with E-state index < -0.39 is 0 Å². The first-order valence-corrected chi connectivity index (χ1v) is 14.6. The van der Waals surface area contributed by atoms with Crippen LogP contribution in [0.5, 0.6) is 0 Å². The third-order valence-corrected chi connectivity index (χ3v) is 4.17. The van der Waals surface area contributed by atoms with Crippen molar-refractivity contribution in [2.24, 2.45) is 11.8 Å². The van der Waals surface area contributed by atoms with E-state index in [1.165, 1.54) is 63.5 Å². The molecule has 0 amide bonds. The van der Waals surface area contributed by atoms with E-state index in [1.807, 2.05) is 82.4 Å². The smallest absolute Gasteiger partial charge is 0.0202 e. The minimum atomic E-state index is 0.750. The number of rotatable bonds is 5.